The van der Waals surface area contributed by atoms with Crippen LogP contribution in [-0.4, -0.2) is 20.2 Å². The van der Waals surface area contributed by atoms with Gasteiger partial charge in [0.15, 0.2) is 11.5 Å². The molecule has 3 rings (SSSR count). The minimum atomic E-state index is -4.49. The lowest BCUT2D eigenvalue weighted by molar-refractivity contribution is -0.137. The number of hydrogen-bond donors (Lipinski definition) is 0. The molecule has 0 aliphatic rings. The van der Waals surface area contributed by atoms with Crippen LogP contribution in [0.3, 0.4) is 0 Å². The molecule has 0 bridgehead atoms. The topological polar surface area (TPSA) is 68.5 Å². The first-order valence-electron chi connectivity index (χ1n) is 9.59. The van der Waals surface area contributed by atoms with E-state index in [0.717, 1.165) is 24.3 Å². The summed E-state index contributed by atoms with van der Waals surface area (Å²) >= 11 is 0. The monoisotopic (exact) mass is 453 g/mol. The van der Waals surface area contributed by atoms with Crippen LogP contribution in [0.1, 0.15) is 27.0 Å². The number of carbonyl (C=O) groups excluding carboxylic acids is 1. The maximum Gasteiger partial charge on any atom is 0.416 e. The molecule has 0 fully saturated rings. The summed E-state index contributed by atoms with van der Waals surface area (Å²) in [5.41, 5.74) is 0.640. The van der Waals surface area contributed by atoms with Crippen molar-refractivity contribution in [1.29, 1.82) is 5.26 Å². The van der Waals surface area contributed by atoms with Crippen molar-refractivity contribution in [2.75, 3.05) is 14.2 Å². The van der Waals surface area contributed by atoms with Crippen molar-refractivity contribution >= 4 is 17.6 Å². The zero-order valence-electron chi connectivity index (χ0n) is 17.6. The van der Waals surface area contributed by atoms with E-state index in [1.54, 1.807) is 42.5 Å². The number of allylic oxidation sites excluding steroid dienone is 1. The number of hydrogen-bond acceptors (Lipinski definition) is 5. The summed E-state index contributed by atoms with van der Waals surface area (Å²) < 4.78 is 53.8. The number of esters is 1. The molecule has 0 saturated heterocycles. The van der Waals surface area contributed by atoms with Crippen LogP contribution in [0.5, 0.6) is 17.2 Å². The molecule has 5 nitrogen and oxygen atoms in total. The minimum absolute atomic E-state index is 0.0213. The van der Waals surface area contributed by atoms with Crippen LogP contribution in [0.15, 0.2) is 66.7 Å². The van der Waals surface area contributed by atoms with Gasteiger partial charge in [-0.05, 0) is 71.8 Å². The van der Waals surface area contributed by atoms with Gasteiger partial charge in [-0.2, -0.15) is 18.4 Å². The number of halogens is 3. The minimum Gasteiger partial charge on any atom is -0.493 e. The van der Waals surface area contributed by atoms with Crippen molar-refractivity contribution in [3.63, 3.8) is 0 Å². The molecule has 0 spiro atoms. The molecule has 0 heterocycles. The fourth-order valence-electron chi connectivity index (χ4n) is 2.98. The van der Waals surface area contributed by atoms with Gasteiger partial charge in [0.2, 0.25) is 0 Å². The lowest BCUT2D eigenvalue weighted by Gasteiger charge is -2.09. The molecule has 0 saturated carbocycles. The van der Waals surface area contributed by atoms with Crippen LogP contribution in [0.4, 0.5) is 13.2 Å². The number of rotatable bonds is 6. The second-order valence-corrected chi connectivity index (χ2v) is 6.78. The third kappa shape index (κ3) is 5.71. The lowest BCUT2D eigenvalue weighted by Crippen LogP contribution is -2.10. The fraction of sp³-hybridized carbons (Fsp3) is 0.120. The molecule has 0 aliphatic carbocycles. The first-order chi connectivity index (χ1) is 15.7. The van der Waals surface area contributed by atoms with Gasteiger partial charge >= 0.3 is 12.1 Å². The first kappa shape index (κ1) is 23.4. The highest BCUT2D eigenvalue weighted by molar-refractivity contribution is 5.92. The molecule has 0 radical (unpaired) electrons. The second-order valence-electron chi connectivity index (χ2n) is 6.78. The predicted octanol–water partition coefficient (Wildman–Crippen LogP) is 6.01. The number of nitriles is 1. The van der Waals surface area contributed by atoms with Crippen molar-refractivity contribution in [1.82, 2.24) is 0 Å². The Labute approximate surface area is 188 Å². The maximum absolute atomic E-state index is 12.7. The van der Waals surface area contributed by atoms with E-state index in [0.29, 0.717) is 28.2 Å². The smallest absolute Gasteiger partial charge is 0.416 e. The van der Waals surface area contributed by atoms with E-state index in [1.807, 2.05) is 0 Å². The average Bonchev–Trinajstić information content (AvgIpc) is 2.81. The number of benzene rings is 3. The molecular weight excluding hydrogens is 435 g/mol. The van der Waals surface area contributed by atoms with Crippen LogP contribution < -0.4 is 14.2 Å². The summed E-state index contributed by atoms with van der Waals surface area (Å²) in [6.45, 7) is 0. The number of methoxy groups -OCH3 is 2. The lowest BCUT2D eigenvalue weighted by atomic mass is 10.0. The molecule has 0 atom stereocenters. The summed E-state index contributed by atoms with van der Waals surface area (Å²) in [6, 6.07) is 17.4. The van der Waals surface area contributed by atoms with E-state index in [9.17, 15) is 23.2 Å². The van der Waals surface area contributed by atoms with Crippen LogP contribution in [0.25, 0.3) is 11.6 Å². The van der Waals surface area contributed by atoms with Gasteiger partial charge in [0.1, 0.15) is 5.75 Å². The van der Waals surface area contributed by atoms with Gasteiger partial charge in [-0.3, -0.25) is 0 Å². The molecule has 0 amide bonds. The van der Waals surface area contributed by atoms with E-state index < -0.39 is 17.7 Å². The summed E-state index contributed by atoms with van der Waals surface area (Å²) in [6.07, 6.45) is -2.88. The molecule has 168 valence electrons. The van der Waals surface area contributed by atoms with Gasteiger partial charge in [0.05, 0.1) is 37.0 Å². The maximum atomic E-state index is 12.7. The van der Waals surface area contributed by atoms with E-state index in [1.165, 1.54) is 20.3 Å². The summed E-state index contributed by atoms with van der Waals surface area (Å²) in [4.78, 5) is 12.3. The van der Waals surface area contributed by atoms with Gasteiger partial charge in [0.25, 0.3) is 0 Å². The van der Waals surface area contributed by atoms with Crippen molar-refractivity contribution < 1.29 is 32.2 Å². The normalized spacial score (nSPS) is 11.5. The number of nitrogens with zero attached hydrogens (tertiary/aromatic N) is 1. The van der Waals surface area contributed by atoms with Crippen molar-refractivity contribution in [2.24, 2.45) is 0 Å². The van der Waals surface area contributed by atoms with Crippen LogP contribution in [0.2, 0.25) is 0 Å². The molecular formula is C25H18F3NO4. The van der Waals surface area contributed by atoms with E-state index >= 15 is 0 Å². The van der Waals surface area contributed by atoms with E-state index in [4.69, 9.17) is 14.2 Å². The predicted molar refractivity (Wildman–Crippen MR) is 116 cm³/mol. The second kappa shape index (κ2) is 9.92. The molecule has 3 aromatic carbocycles. The van der Waals surface area contributed by atoms with Gasteiger partial charge in [-0.1, -0.05) is 12.1 Å². The summed E-state index contributed by atoms with van der Waals surface area (Å²) in [7, 11) is 3.00. The number of alkyl halides is 3. The molecule has 3 aromatic rings. The van der Waals surface area contributed by atoms with Gasteiger partial charge < -0.3 is 14.2 Å². The van der Waals surface area contributed by atoms with Crippen LogP contribution >= 0.6 is 0 Å². The average molecular weight is 453 g/mol. The number of carbonyl (C=O) groups is 1. The Balaban J connectivity index is 1.82. The van der Waals surface area contributed by atoms with E-state index in [-0.39, 0.29) is 11.3 Å². The molecule has 8 heteroatoms. The van der Waals surface area contributed by atoms with Crippen molar-refractivity contribution in [3.05, 3.63) is 89.0 Å². The summed E-state index contributed by atoms with van der Waals surface area (Å²) in [5, 5.41) is 9.62. The third-order valence-corrected chi connectivity index (χ3v) is 4.64. The Morgan fingerprint density at radius 3 is 2.18 bits per heavy atom. The van der Waals surface area contributed by atoms with Gasteiger partial charge in [-0.25, -0.2) is 4.79 Å². The first-order valence-corrected chi connectivity index (χ1v) is 9.59. The highest BCUT2D eigenvalue weighted by Gasteiger charge is 2.30. The zero-order valence-corrected chi connectivity index (χ0v) is 17.6. The Hall–Kier alpha value is -4.25. The van der Waals surface area contributed by atoms with Crippen LogP contribution in [0, 0.1) is 11.3 Å². The fourth-order valence-corrected chi connectivity index (χ4v) is 2.98. The molecule has 0 aliphatic heterocycles. The SMILES string of the molecule is COc1ccc(/C(C#N)=C\c2cccc(OC(=O)c3ccc(C(F)(F)F)cc3)c2)cc1OC. The Morgan fingerprint density at radius 1 is 0.909 bits per heavy atom. The molecule has 0 unspecified atom stereocenters. The van der Waals surface area contributed by atoms with Gasteiger partial charge in [-0.15, -0.1) is 0 Å². The Kier molecular flexibility index (Phi) is 7.04. The molecule has 33 heavy (non-hydrogen) atoms. The standard InChI is InChI=1S/C25H18F3NO4/c1-31-22-11-8-18(14-23(22)32-2)19(15-29)12-16-4-3-5-21(13-16)33-24(30)17-6-9-20(10-7-17)25(26,27)28/h3-14H,1-2H3/b19-12-. The highest BCUT2D eigenvalue weighted by Crippen LogP contribution is 2.31. The quantitative estimate of drug-likeness (QED) is 0.198. The third-order valence-electron chi connectivity index (χ3n) is 4.64. The summed E-state index contributed by atoms with van der Waals surface area (Å²) in [5.74, 6) is 0.370. The van der Waals surface area contributed by atoms with Crippen LogP contribution in [-0.2, 0) is 6.18 Å². The zero-order chi connectivity index (χ0) is 24.0. The Morgan fingerprint density at radius 2 is 1.58 bits per heavy atom. The molecule has 0 aromatic heterocycles. The van der Waals surface area contributed by atoms with Crippen molar-refractivity contribution in [3.8, 4) is 23.3 Å². The highest BCUT2D eigenvalue weighted by atomic mass is 19.4. The van der Waals surface area contributed by atoms with Gasteiger partial charge in [0, 0.05) is 0 Å². The molecule has 0 N–H and O–H groups in total. The van der Waals surface area contributed by atoms with E-state index in [2.05, 4.69) is 6.07 Å². The Bertz CT molecular complexity index is 1230. The van der Waals surface area contributed by atoms with Crippen molar-refractivity contribution in [2.45, 2.75) is 6.18 Å². The number of ether oxygens (including phenoxy) is 3. The largest absolute Gasteiger partial charge is 0.493 e.